The lowest BCUT2D eigenvalue weighted by Gasteiger charge is -2.30. The number of carbonyl (C=O) groups excluding carboxylic acids is 1. The third-order valence-electron chi connectivity index (χ3n) is 4.00. The maximum absolute atomic E-state index is 12.1. The molecule has 1 amide bonds. The van der Waals surface area contributed by atoms with Gasteiger partial charge in [-0.2, -0.15) is 0 Å². The SMILES string of the molecule is O=C(CCN1CCc2sccc2C1)N1CCNCC1. The largest absolute Gasteiger partial charge is 0.340 e. The quantitative estimate of drug-likeness (QED) is 0.894. The van der Waals surface area contributed by atoms with E-state index in [1.165, 1.54) is 10.4 Å². The van der Waals surface area contributed by atoms with Crippen LogP contribution >= 0.6 is 11.3 Å². The van der Waals surface area contributed by atoms with Crippen LogP contribution in [0.25, 0.3) is 0 Å². The summed E-state index contributed by atoms with van der Waals surface area (Å²) in [6.07, 6.45) is 1.81. The van der Waals surface area contributed by atoms with E-state index in [4.69, 9.17) is 0 Å². The van der Waals surface area contributed by atoms with Crippen molar-refractivity contribution in [3.63, 3.8) is 0 Å². The van der Waals surface area contributed by atoms with Crippen LogP contribution in [-0.4, -0.2) is 55.0 Å². The Morgan fingerprint density at radius 2 is 2.16 bits per heavy atom. The molecule has 0 unspecified atom stereocenters. The minimum absolute atomic E-state index is 0.317. The van der Waals surface area contributed by atoms with Crippen molar-refractivity contribution in [3.8, 4) is 0 Å². The Kier molecular flexibility index (Phi) is 4.15. The first-order chi connectivity index (χ1) is 9.33. The summed E-state index contributed by atoms with van der Waals surface area (Å²) < 4.78 is 0. The van der Waals surface area contributed by atoms with Crippen molar-refractivity contribution in [2.24, 2.45) is 0 Å². The van der Waals surface area contributed by atoms with Gasteiger partial charge < -0.3 is 10.2 Å². The van der Waals surface area contributed by atoms with Crippen molar-refractivity contribution < 1.29 is 4.79 Å². The first kappa shape index (κ1) is 13.1. The van der Waals surface area contributed by atoms with Crippen LogP contribution < -0.4 is 5.32 Å². The second-order valence-electron chi connectivity index (χ2n) is 5.28. The fourth-order valence-corrected chi connectivity index (χ4v) is 3.71. The summed E-state index contributed by atoms with van der Waals surface area (Å²) in [6, 6.07) is 2.23. The van der Waals surface area contributed by atoms with Crippen molar-refractivity contribution in [1.29, 1.82) is 0 Å². The smallest absolute Gasteiger partial charge is 0.223 e. The molecule has 0 bridgehead atoms. The van der Waals surface area contributed by atoms with Gasteiger partial charge in [-0.15, -0.1) is 11.3 Å². The van der Waals surface area contributed by atoms with Crippen LogP contribution in [0.1, 0.15) is 16.9 Å². The molecular formula is C14H21N3OS. The number of amides is 1. The molecule has 3 heterocycles. The molecule has 0 atom stereocenters. The summed E-state index contributed by atoms with van der Waals surface area (Å²) in [7, 11) is 0. The molecule has 4 nitrogen and oxygen atoms in total. The molecule has 0 aromatic carbocycles. The van der Waals surface area contributed by atoms with E-state index in [1.807, 2.05) is 16.2 Å². The molecule has 0 aliphatic carbocycles. The Morgan fingerprint density at radius 3 is 3.00 bits per heavy atom. The topological polar surface area (TPSA) is 35.6 Å². The molecule has 3 rings (SSSR count). The average Bonchev–Trinajstić information content (AvgIpc) is 2.93. The number of rotatable bonds is 3. The second kappa shape index (κ2) is 6.03. The standard InChI is InChI=1S/C14H21N3OS/c18-14(17-8-4-15-5-9-17)2-7-16-6-1-13-12(11-16)3-10-19-13/h3,10,15H,1-2,4-9,11H2. The molecule has 2 aliphatic heterocycles. The predicted molar refractivity (Wildman–Crippen MR) is 77.4 cm³/mol. The molecule has 5 heteroatoms. The fraction of sp³-hybridized carbons (Fsp3) is 0.643. The van der Waals surface area contributed by atoms with E-state index < -0.39 is 0 Å². The van der Waals surface area contributed by atoms with Crippen LogP contribution in [0, 0.1) is 0 Å². The van der Waals surface area contributed by atoms with Crippen LogP contribution in [0.3, 0.4) is 0 Å². The fourth-order valence-electron chi connectivity index (χ4n) is 2.82. The van der Waals surface area contributed by atoms with Crippen LogP contribution in [-0.2, 0) is 17.8 Å². The Bertz CT molecular complexity index is 440. The number of nitrogens with one attached hydrogen (secondary N) is 1. The molecule has 1 N–H and O–H groups in total. The van der Waals surface area contributed by atoms with Gasteiger partial charge in [0.05, 0.1) is 0 Å². The van der Waals surface area contributed by atoms with E-state index in [0.717, 1.165) is 52.2 Å². The van der Waals surface area contributed by atoms with E-state index in [0.29, 0.717) is 12.3 Å². The number of thiophene rings is 1. The minimum atomic E-state index is 0.317. The molecule has 1 aromatic rings. The van der Waals surface area contributed by atoms with Gasteiger partial charge in [-0.3, -0.25) is 9.69 Å². The van der Waals surface area contributed by atoms with Gasteiger partial charge in [0.15, 0.2) is 0 Å². The molecule has 0 saturated carbocycles. The summed E-state index contributed by atoms with van der Waals surface area (Å²) in [6.45, 7) is 6.64. The number of hydrogen-bond acceptors (Lipinski definition) is 4. The van der Waals surface area contributed by atoms with E-state index >= 15 is 0 Å². The normalized spacial score (nSPS) is 20.3. The van der Waals surface area contributed by atoms with Crippen LogP contribution in [0.2, 0.25) is 0 Å². The first-order valence-corrected chi connectivity index (χ1v) is 7.97. The van der Waals surface area contributed by atoms with Gasteiger partial charge in [0.1, 0.15) is 0 Å². The minimum Gasteiger partial charge on any atom is -0.340 e. The molecule has 2 aliphatic rings. The molecular weight excluding hydrogens is 258 g/mol. The maximum atomic E-state index is 12.1. The summed E-state index contributed by atoms with van der Waals surface area (Å²) in [5.74, 6) is 0.317. The van der Waals surface area contributed by atoms with Gasteiger partial charge in [0.2, 0.25) is 5.91 Å². The number of nitrogens with zero attached hydrogens (tertiary/aromatic N) is 2. The van der Waals surface area contributed by atoms with Crippen molar-refractivity contribution in [2.75, 3.05) is 39.3 Å². The zero-order chi connectivity index (χ0) is 13.1. The zero-order valence-electron chi connectivity index (χ0n) is 11.2. The van der Waals surface area contributed by atoms with Crippen molar-refractivity contribution in [2.45, 2.75) is 19.4 Å². The van der Waals surface area contributed by atoms with Crippen molar-refractivity contribution in [1.82, 2.24) is 15.1 Å². The van der Waals surface area contributed by atoms with Gasteiger partial charge >= 0.3 is 0 Å². The summed E-state index contributed by atoms with van der Waals surface area (Å²) >= 11 is 1.87. The predicted octanol–water partition coefficient (Wildman–Crippen LogP) is 0.928. The molecule has 0 spiro atoms. The van der Waals surface area contributed by atoms with E-state index in [1.54, 1.807) is 0 Å². The van der Waals surface area contributed by atoms with Gasteiger partial charge in [0, 0.05) is 57.1 Å². The van der Waals surface area contributed by atoms with Gasteiger partial charge in [-0.25, -0.2) is 0 Å². The molecule has 19 heavy (non-hydrogen) atoms. The Labute approximate surface area is 118 Å². The zero-order valence-corrected chi connectivity index (χ0v) is 12.0. The Balaban J connectivity index is 1.46. The summed E-state index contributed by atoms with van der Waals surface area (Å²) in [5, 5.41) is 5.46. The third-order valence-corrected chi connectivity index (χ3v) is 5.02. The molecule has 1 fully saturated rings. The van der Waals surface area contributed by atoms with Crippen LogP contribution in [0.4, 0.5) is 0 Å². The van der Waals surface area contributed by atoms with Crippen molar-refractivity contribution >= 4 is 17.2 Å². The molecule has 1 aromatic heterocycles. The van der Waals surface area contributed by atoms with Gasteiger partial charge in [-0.1, -0.05) is 0 Å². The lowest BCUT2D eigenvalue weighted by atomic mass is 10.1. The Hall–Kier alpha value is -0.910. The third kappa shape index (κ3) is 3.16. The number of carbonyl (C=O) groups is 1. The second-order valence-corrected chi connectivity index (χ2v) is 6.28. The number of hydrogen-bond donors (Lipinski definition) is 1. The lowest BCUT2D eigenvalue weighted by Crippen LogP contribution is -2.47. The van der Waals surface area contributed by atoms with Crippen LogP contribution in [0.15, 0.2) is 11.4 Å². The highest BCUT2D eigenvalue weighted by atomic mass is 32.1. The summed E-state index contributed by atoms with van der Waals surface area (Å²) in [4.78, 5) is 18.1. The highest BCUT2D eigenvalue weighted by molar-refractivity contribution is 7.10. The average molecular weight is 279 g/mol. The maximum Gasteiger partial charge on any atom is 0.223 e. The Morgan fingerprint density at radius 1 is 1.32 bits per heavy atom. The van der Waals surface area contributed by atoms with E-state index in [2.05, 4.69) is 21.7 Å². The molecule has 0 radical (unpaired) electrons. The van der Waals surface area contributed by atoms with Crippen LogP contribution in [0.5, 0.6) is 0 Å². The first-order valence-electron chi connectivity index (χ1n) is 7.09. The van der Waals surface area contributed by atoms with Gasteiger partial charge in [0.25, 0.3) is 0 Å². The van der Waals surface area contributed by atoms with E-state index in [9.17, 15) is 4.79 Å². The van der Waals surface area contributed by atoms with E-state index in [-0.39, 0.29) is 0 Å². The highest BCUT2D eigenvalue weighted by Crippen LogP contribution is 2.23. The number of piperazine rings is 1. The lowest BCUT2D eigenvalue weighted by molar-refractivity contribution is -0.132. The van der Waals surface area contributed by atoms with Crippen molar-refractivity contribution in [3.05, 3.63) is 21.9 Å². The molecule has 104 valence electrons. The number of fused-ring (bicyclic) bond motifs is 1. The molecule has 1 saturated heterocycles. The van der Waals surface area contributed by atoms with Gasteiger partial charge in [-0.05, 0) is 23.4 Å². The summed E-state index contributed by atoms with van der Waals surface area (Å²) in [5.41, 5.74) is 1.46. The highest BCUT2D eigenvalue weighted by Gasteiger charge is 2.20. The monoisotopic (exact) mass is 279 g/mol.